The quantitative estimate of drug-likeness (QED) is 0.413. The predicted molar refractivity (Wildman–Crippen MR) is 118 cm³/mol. The number of rotatable bonds is 10. The van der Waals surface area contributed by atoms with E-state index in [9.17, 15) is 0 Å². The highest BCUT2D eigenvalue weighted by molar-refractivity contribution is 5.79. The van der Waals surface area contributed by atoms with Crippen molar-refractivity contribution in [2.24, 2.45) is 4.99 Å². The summed E-state index contributed by atoms with van der Waals surface area (Å²) in [6, 6.07) is 21.0. The first-order valence-electron chi connectivity index (χ1n) is 10.3. The monoisotopic (exact) mass is 390 g/mol. The fourth-order valence-electron chi connectivity index (χ4n) is 3.12. The van der Waals surface area contributed by atoms with Gasteiger partial charge in [0, 0.05) is 32.6 Å². The Hall–Kier alpha value is -3.15. The molecule has 0 fully saturated rings. The van der Waals surface area contributed by atoms with Gasteiger partial charge >= 0.3 is 0 Å². The largest absolute Gasteiger partial charge is 0.356 e. The predicted octanol–water partition coefficient (Wildman–Crippen LogP) is 2.86. The standard InChI is InChI=1S/C23H30N6/c1-2-22-28-27-19-29(22)18-17-26-23(24-15-13-20-9-5-3-6-10-20)25-16-14-21-11-7-4-8-12-21/h3-12,19H,2,13-18H2,1H3,(H2,24,25,26). The molecule has 0 amide bonds. The number of hydrogen-bond acceptors (Lipinski definition) is 3. The Kier molecular flexibility index (Phi) is 8.26. The lowest BCUT2D eigenvalue weighted by molar-refractivity contribution is 0.631. The van der Waals surface area contributed by atoms with Crippen molar-refractivity contribution in [3.63, 3.8) is 0 Å². The van der Waals surface area contributed by atoms with Crippen LogP contribution in [0.25, 0.3) is 0 Å². The molecule has 6 nitrogen and oxygen atoms in total. The van der Waals surface area contributed by atoms with Crippen molar-refractivity contribution < 1.29 is 0 Å². The molecule has 0 atom stereocenters. The van der Waals surface area contributed by atoms with Crippen LogP contribution in [0.3, 0.4) is 0 Å². The molecule has 29 heavy (non-hydrogen) atoms. The van der Waals surface area contributed by atoms with Crippen molar-refractivity contribution >= 4 is 5.96 Å². The Morgan fingerprint density at radius 2 is 1.55 bits per heavy atom. The third kappa shape index (κ3) is 7.07. The Morgan fingerprint density at radius 3 is 2.24 bits per heavy atom. The molecule has 0 aliphatic rings. The maximum Gasteiger partial charge on any atom is 0.191 e. The molecule has 2 N–H and O–H groups in total. The van der Waals surface area contributed by atoms with Gasteiger partial charge in [0.25, 0.3) is 0 Å². The molecule has 0 unspecified atom stereocenters. The molecule has 1 aromatic heterocycles. The molecule has 0 aliphatic heterocycles. The van der Waals surface area contributed by atoms with Crippen LogP contribution in [0, 0.1) is 0 Å². The molecule has 0 spiro atoms. The van der Waals surface area contributed by atoms with Crippen LogP contribution in [0.15, 0.2) is 72.0 Å². The highest BCUT2D eigenvalue weighted by Crippen LogP contribution is 2.00. The molecule has 0 saturated heterocycles. The normalized spacial score (nSPS) is 11.4. The third-order valence-electron chi connectivity index (χ3n) is 4.72. The number of nitrogens with one attached hydrogen (secondary N) is 2. The zero-order valence-corrected chi connectivity index (χ0v) is 17.1. The fraction of sp³-hybridized carbons (Fsp3) is 0.348. The summed E-state index contributed by atoms with van der Waals surface area (Å²) in [7, 11) is 0. The maximum atomic E-state index is 4.77. The molecule has 0 saturated carbocycles. The minimum Gasteiger partial charge on any atom is -0.356 e. The molecular weight excluding hydrogens is 360 g/mol. The molecule has 3 aromatic rings. The van der Waals surface area contributed by atoms with Crippen molar-refractivity contribution in [1.29, 1.82) is 0 Å². The smallest absolute Gasteiger partial charge is 0.191 e. The minimum atomic E-state index is 0.748. The average Bonchev–Trinajstić information content (AvgIpc) is 3.22. The van der Waals surface area contributed by atoms with E-state index in [-0.39, 0.29) is 0 Å². The minimum absolute atomic E-state index is 0.748. The lowest BCUT2D eigenvalue weighted by Crippen LogP contribution is -2.40. The van der Waals surface area contributed by atoms with E-state index in [1.807, 2.05) is 12.1 Å². The number of hydrogen-bond donors (Lipinski definition) is 2. The van der Waals surface area contributed by atoms with E-state index in [0.717, 1.165) is 57.2 Å². The molecule has 2 aromatic carbocycles. The topological polar surface area (TPSA) is 67.1 Å². The van der Waals surface area contributed by atoms with Gasteiger partial charge in [0.15, 0.2) is 5.96 Å². The summed E-state index contributed by atoms with van der Waals surface area (Å²) in [6.45, 7) is 5.27. The van der Waals surface area contributed by atoms with E-state index in [1.54, 1.807) is 6.33 Å². The molecule has 152 valence electrons. The van der Waals surface area contributed by atoms with Gasteiger partial charge in [0.2, 0.25) is 0 Å². The van der Waals surface area contributed by atoms with Crippen LogP contribution in [0.4, 0.5) is 0 Å². The first-order chi connectivity index (χ1) is 14.3. The average molecular weight is 391 g/mol. The number of nitrogens with zero attached hydrogens (tertiary/aromatic N) is 4. The van der Waals surface area contributed by atoms with Crippen molar-refractivity contribution in [3.05, 3.63) is 83.9 Å². The lowest BCUT2D eigenvalue weighted by Gasteiger charge is -2.13. The van der Waals surface area contributed by atoms with Gasteiger partial charge in [0.1, 0.15) is 12.2 Å². The Labute approximate surface area is 173 Å². The van der Waals surface area contributed by atoms with Gasteiger partial charge in [-0.25, -0.2) is 0 Å². The second-order valence-corrected chi connectivity index (χ2v) is 6.85. The lowest BCUT2D eigenvalue weighted by atomic mass is 10.1. The number of aryl methyl sites for hydroxylation is 1. The SMILES string of the molecule is CCc1nncn1CCNC(=NCCc1ccccc1)NCCc1ccccc1. The molecule has 1 heterocycles. The summed E-state index contributed by atoms with van der Waals surface area (Å²) in [4.78, 5) is 4.77. The number of aromatic nitrogens is 3. The van der Waals surface area contributed by atoms with Gasteiger partial charge in [-0.1, -0.05) is 67.6 Å². The first-order valence-corrected chi connectivity index (χ1v) is 10.3. The Bertz CT molecular complexity index is 857. The van der Waals surface area contributed by atoms with Crippen LogP contribution in [0.2, 0.25) is 0 Å². The van der Waals surface area contributed by atoms with E-state index in [1.165, 1.54) is 11.1 Å². The molecular formula is C23H30N6. The van der Waals surface area contributed by atoms with E-state index in [2.05, 4.69) is 80.9 Å². The Balaban J connectivity index is 1.52. The van der Waals surface area contributed by atoms with E-state index in [4.69, 9.17) is 4.99 Å². The molecule has 3 rings (SSSR count). The second kappa shape index (κ2) is 11.6. The highest BCUT2D eigenvalue weighted by Gasteiger charge is 2.03. The van der Waals surface area contributed by atoms with Crippen LogP contribution < -0.4 is 10.6 Å². The number of aliphatic imine (C=N–C) groups is 1. The van der Waals surface area contributed by atoms with Crippen LogP contribution in [0.5, 0.6) is 0 Å². The summed E-state index contributed by atoms with van der Waals surface area (Å²) in [6.07, 6.45) is 4.56. The van der Waals surface area contributed by atoms with E-state index in [0.29, 0.717) is 0 Å². The highest BCUT2D eigenvalue weighted by atomic mass is 15.3. The van der Waals surface area contributed by atoms with Crippen molar-refractivity contribution in [3.8, 4) is 0 Å². The van der Waals surface area contributed by atoms with Gasteiger partial charge in [-0.05, 0) is 24.0 Å². The third-order valence-corrected chi connectivity index (χ3v) is 4.72. The molecule has 0 aliphatic carbocycles. The first kappa shape index (κ1) is 20.6. The summed E-state index contributed by atoms with van der Waals surface area (Å²) >= 11 is 0. The van der Waals surface area contributed by atoms with E-state index >= 15 is 0 Å². The van der Waals surface area contributed by atoms with Crippen LogP contribution in [-0.2, 0) is 25.8 Å². The van der Waals surface area contributed by atoms with E-state index < -0.39 is 0 Å². The van der Waals surface area contributed by atoms with Crippen LogP contribution in [0.1, 0.15) is 23.9 Å². The van der Waals surface area contributed by atoms with Crippen LogP contribution in [-0.4, -0.2) is 40.4 Å². The summed E-state index contributed by atoms with van der Waals surface area (Å²) < 4.78 is 2.08. The van der Waals surface area contributed by atoms with Crippen molar-refractivity contribution in [2.75, 3.05) is 19.6 Å². The fourth-order valence-corrected chi connectivity index (χ4v) is 3.12. The van der Waals surface area contributed by atoms with Gasteiger partial charge in [0.05, 0.1) is 0 Å². The molecule has 0 bridgehead atoms. The van der Waals surface area contributed by atoms with Gasteiger partial charge in [-0.2, -0.15) is 0 Å². The Morgan fingerprint density at radius 1 is 0.897 bits per heavy atom. The van der Waals surface area contributed by atoms with Gasteiger partial charge in [-0.15, -0.1) is 10.2 Å². The van der Waals surface area contributed by atoms with Crippen LogP contribution >= 0.6 is 0 Å². The van der Waals surface area contributed by atoms with Crippen molar-refractivity contribution in [1.82, 2.24) is 25.4 Å². The summed E-state index contributed by atoms with van der Waals surface area (Å²) in [5.74, 6) is 1.86. The van der Waals surface area contributed by atoms with Gasteiger partial charge in [-0.3, -0.25) is 4.99 Å². The van der Waals surface area contributed by atoms with Gasteiger partial charge < -0.3 is 15.2 Å². The zero-order valence-electron chi connectivity index (χ0n) is 17.1. The zero-order chi connectivity index (χ0) is 20.2. The summed E-state index contributed by atoms with van der Waals surface area (Å²) in [5, 5.41) is 15.0. The second-order valence-electron chi connectivity index (χ2n) is 6.85. The number of benzene rings is 2. The van der Waals surface area contributed by atoms with Crippen molar-refractivity contribution in [2.45, 2.75) is 32.7 Å². The molecule has 0 radical (unpaired) electrons. The maximum absolute atomic E-state index is 4.77. The molecule has 6 heteroatoms. The number of guanidine groups is 1. The summed E-state index contributed by atoms with van der Waals surface area (Å²) in [5.41, 5.74) is 2.62.